The van der Waals surface area contributed by atoms with Crippen molar-refractivity contribution in [3.05, 3.63) is 88.5 Å². The fourth-order valence-corrected chi connectivity index (χ4v) is 4.77. The number of carbonyl (C=O) groups excluding carboxylic acids is 2. The van der Waals surface area contributed by atoms with Gasteiger partial charge in [0.2, 0.25) is 5.95 Å². The van der Waals surface area contributed by atoms with Gasteiger partial charge < -0.3 is 19.6 Å². The molecule has 1 aliphatic heterocycles. The number of aromatic amines is 1. The Balaban J connectivity index is 1.70. The number of H-pyrrole nitrogens is 1. The summed E-state index contributed by atoms with van der Waals surface area (Å²) in [6, 6.07) is 17.1. The van der Waals surface area contributed by atoms with Gasteiger partial charge in [0.15, 0.2) is 0 Å². The van der Waals surface area contributed by atoms with Gasteiger partial charge in [-0.3, -0.25) is 14.5 Å². The second-order valence-corrected chi connectivity index (χ2v) is 9.67. The number of benzene rings is 3. The molecule has 1 amide bonds. The summed E-state index contributed by atoms with van der Waals surface area (Å²) in [4.78, 5) is 36.1. The van der Waals surface area contributed by atoms with Crippen molar-refractivity contribution in [1.29, 1.82) is 0 Å². The first kappa shape index (κ1) is 25.1. The van der Waals surface area contributed by atoms with Crippen molar-refractivity contribution in [2.45, 2.75) is 39.8 Å². The Kier molecular flexibility index (Phi) is 6.40. The predicted molar refractivity (Wildman–Crippen MR) is 146 cm³/mol. The summed E-state index contributed by atoms with van der Waals surface area (Å²) in [6.07, 6.45) is -0.0106. The Morgan fingerprint density at radius 2 is 1.71 bits per heavy atom. The van der Waals surface area contributed by atoms with Gasteiger partial charge in [0.25, 0.3) is 5.78 Å². The Morgan fingerprint density at radius 1 is 1.00 bits per heavy atom. The van der Waals surface area contributed by atoms with Crippen LogP contribution in [-0.2, 0) is 9.59 Å². The summed E-state index contributed by atoms with van der Waals surface area (Å²) in [5, 5.41) is 11.5. The maximum absolute atomic E-state index is 13.5. The third kappa shape index (κ3) is 4.38. The van der Waals surface area contributed by atoms with E-state index in [4.69, 9.17) is 9.47 Å². The van der Waals surface area contributed by atoms with Crippen LogP contribution in [0.4, 0.5) is 5.95 Å². The maximum Gasteiger partial charge on any atom is 0.302 e. The molecule has 1 unspecified atom stereocenters. The van der Waals surface area contributed by atoms with E-state index in [0.717, 1.165) is 11.1 Å². The SMILES string of the molecule is COc1ccc(/C(O)=C2\C(=O)C(=O)N(c3nc4ccc(C)cc4[nH]3)C2c2ccc(OC(C)C)cc2)c(C)c1. The molecule has 0 aliphatic carbocycles. The highest BCUT2D eigenvalue weighted by Crippen LogP contribution is 2.42. The number of hydrogen-bond acceptors (Lipinski definition) is 6. The van der Waals surface area contributed by atoms with Crippen LogP contribution in [0.1, 0.15) is 42.1 Å². The molecule has 8 nitrogen and oxygen atoms in total. The molecule has 3 aromatic carbocycles. The van der Waals surface area contributed by atoms with E-state index in [0.29, 0.717) is 33.7 Å². The summed E-state index contributed by atoms with van der Waals surface area (Å²) in [5.41, 5.74) is 4.19. The van der Waals surface area contributed by atoms with Crippen molar-refractivity contribution in [2.24, 2.45) is 0 Å². The molecule has 1 fully saturated rings. The van der Waals surface area contributed by atoms with Crippen LogP contribution in [0, 0.1) is 13.8 Å². The van der Waals surface area contributed by atoms with E-state index < -0.39 is 17.7 Å². The van der Waals surface area contributed by atoms with E-state index in [1.807, 2.05) is 45.9 Å². The monoisotopic (exact) mass is 511 g/mol. The van der Waals surface area contributed by atoms with Gasteiger partial charge in [0.1, 0.15) is 17.3 Å². The van der Waals surface area contributed by atoms with Crippen molar-refractivity contribution in [1.82, 2.24) is 9.97 Å². The second kappa shape index (κ2) is 9.70. The third-order valence-corrected chi connectivity index (χ3v) is 6.55. The number of aromatic nitrogens is 2. The lowest BCUT2D eigenvalue weighted by atomic mass is 9.94. The van der Waals surface area contributed by atoms with Crippen molar-refractivity contribution in [3.63, 3.8) is 0 Å². The Labute approximate surface area is 220 Å². The molecule has 0 radical (unpaired) electrons. The Hall–Kier alpha value is -4.59. The minimum Gasteiger partial charge on any atom is -0.507 e. The van der Waals surface area contributed by atoms with Gasteiger partial charge in [-0.25, -0.2) is 4.98 Å². The molecule has 5 rings (SSSR count). The number of aliphatic hydroxyl groups excluding tert-OH is 1. The molecular formula is C30H29N3O5. The largest absolute Gasteiger partial charge is 0.507 e. The molecule has 194 valence electrons. The zero-order valence-electron chi connectivity index (χ0n) is 21.9. The first-order valence-electron chi connectivity index (χ1n) is 12.4. The van der Waals surface area contributed by atoms with Gasteiger partial charge in [0, 0.05) is 5.56 Å². The smallest absolute Gasteiger partial charge is 0.302 e. The number of imidazole rings is 1. The van der Waals surface area contributed by atoms with Crippen LogP contribution in [-0.4, -0.2) is 40.0 Å². The lowest BCUT2D eigenvalue weighted by Gasteiger charge is -2.23. The van der Waals surface area contributed by atoms with Gasteiger partial charge in [0.05, 0.1) is 35.9 Å². The number of ether oxygens (including phenoxy) is 2. The number of ketones is 1. The van der Waals surface area contributed by atoms with Crippen LogP contribution in [0.3, 0.4) is 0 Å². The van der Waals surface area contributed by atoms with Crippen LogP contribution in [0.5, 0.6) is 11.5 Å². The number of anilines is 1. The lowest BCUT2D eigenvalue weighted by Crippen LogP contribution is -2.30. The van der Waals surface area contributed by atoms with Crippen molar-refractivity contribution >= 4 is 34.4 Å². The first-order valence-corrected chi connectivity index (χ1v) is 12.4. The highest BCUT2D eigenvalue weighted by molar-refractivity contribution is 6.51. The van der Waals surface area contributed by atoms with E-state index in [1.54, 1.807) is 49.6 Å². The van der Waals surface area contributed by atoms with E-state index in [2.05, 4.69) is 9.97 Å². The maximum atomic E-state index is 13.5. The third-order valence-electron chi connectivity index (χ3n) is 6.55. The number of methoxy groups -OCH3 is 1. The fourth-order valence-electron chi connectivity index (χ4n) is 4.77. The molecule has 8 heteroatoms. The minimum absolute atomic E-state index is 0.0106. The molecule has 1 saturated heterocycles. The second-order valence-electron chi connectivity index (χ2n) is 9.67. The number of rotatable bonds is 6. The molecule has 1 aliphatic rings. The number of Topliss-reactive ketones (excluding diaryl/α,β-unsaturated/α-hetero) is 1. The Morgan fingerprint density at radius 3 is 2.37 bits per heavy atom. The van der Waals surface area contributed by atoms with Gasteiger partial charge in [-0.05, 0) is 86.8 Å². The molecule has 0 saturated carbocycles. The standard InChI is InChI=1S/C30H29N3O5/c1-16(2)38-20-9-7-19(8-10-20)26-25(27(34)22-12-11-21(37-5)15-18(22)4)28(35)29(36)33(26)30-31-23-13-6-17(3)14-24(23)32-30/h6-16,26,34H,1-5H3,(H,31,32)/b27-25+. The van der Waals surface area contributed by atoms with Gasteiger partial charge >= 0.3 is 5.91 Å². The van der Waals surface area contributed by atoms with E-state index in [-0.39, 0.29) is 23.4 Å². The zero-order valence-corrected chi connectivity index (χ0v) is 21.9. The van der Waals surface area contributed by atoms with Crippen LogP contribution in [0.2, 0.25) is 0 Å². The van der Waals surface area contributed by atoms with Gasteiger partial charge in [-0.2, -0.15) is 0 Å². The molecule has 2 heterocycles. The van der Waals surface area contributed by atoms with Crippen LogP contribution < -0.4 is 14.4 Å². The summed E-state index contributed by atoms with van der Waals surface area (Å²) < 4.78 is 11.1. The van der Waals surface area contributed by atoms with E-state index >= 15 is 0 Å². The average molecular weight is 512 g/mol. The summed E-state index contributed by atoms with van der Waals surface area (Å²) in [7, 11) is 1.56. The summed E-state index contributed by atoms with van der Waals surface area (Å²) in [5.74, 6) is -0.320. The van der Waals surface area contributed by atoms with Crippen molar-refractivity contribution in [3.8, 4) is 11.5 Å². The molecule has 1 aromatic heterocycles. The normalized spacial score (nSPS) is 17.0. The van der Waals surface area contributed by atoms with Crippen LogP contribution in [0.15, 0.2) is 66.2 Å². The van der Waals surface area contributed by atoms with Crippen molar-refractivity contribution < 1.29 is 24.2 Å². The number of nitrogens with one attached hydrogen (secondary N) is 1. The van der Waals surface area contributed by atoms with Crippen molar-refractivity contribution in [2.75, 3.05) is 12.0 Å². The number of aliphatic hydroxyl groups is 1. The molecular weight excluding hydrogens is 482 g/mol. The number of aryl methyl sites for hydroxylation is 2. The number of carbonyl (C=O) groups is 2. The number of nitrogens with zero attached hydrogens (tertiary/aromatic N) is 2. The van der Waals surface area contributed by atoms with Crippen LogP contribution >= 0.6 is 0 Å². The predicted octanol–water partition coefficient (Wildman–Crippen LogP) is 5.60. The topological polar surface area (TPSA) is 105 Å². The van der Waals surface area contributed by atoms with Gasteiger partial charge in [-0.15, -0.1) is 0 Å². The number of amides is 1. The Bertz CT molecular complexity index is 1580. The van der Waals surface area contributed by atoms with E-state index in [1.165, 1.54) is 4.90 Å². The average Bonchev–Trinajstić information content (AvgIpc) is 3.41. The van der Waals surface area contributed by atoms with Gasteiger partial charge in [-0.1, -0.05) is 18.2 Å². The molecule has 2 N–H and O–H groups in total. The highest BCUT2D eigenvalue weighted by Gasteiger charge is 2.48. The minimum atomic E-state index is -0.911. The summed E-state index contributed by atoms with van der Waals surface area (Å²) >= 11 is 0. The molecule has 4 aromatic rings. The number of hydrogen-bond donors (Lipinski definition) is 2. The molecule has 1 atom stereocenters. The lowest BCUT2D eigenvalue weighted by molar-refractivity contribution is -0.132. The fraction of sp³-hybridized carbons (Fsp3) is 0.233. The van der Waals surface area contributed by atoms with E-state index in [9.17, 15) is 14.7 Å². The zero-order chi connectivity index (χ0) is 27.1. The first-order chi connectivity index (χ1) is 18.2. The van der Waals surface area contributed by atoms with Crippen LogP contribution in [0.25, 0.3) is 16.8 Å². The number of fused-ring (bicyclic) bond motifs is 1. The molecule has 38 heavy (non-hydrogen) atoms. The highest BCUT2D eigenvalue weighted by atomic mass is 16.5. The molecule has 0 spiro atoms. The molecule has 0 bridgehead atoms. The summed E-state index contributed by atoms with van der Waals surface area (Å²) in [6.45, 7) is 7.64. The quantitative estimate of drug-likeness (QED) is 0.198.